The molecule has 0 spiro atoms. The summed E-state index contributed by atoms with van der Waals surface area (Å²) in [6.45, 7) is 7.37. The summed E-state index contributed by atoms with van der Waals surface area (Å²) in [6.07, 6.45) is 0. The summed E-state index contributed by atoms with van der Waals surface area (Å²) >= 11 is 0. The fourth-order valence-corrected chi connectivity index (χ4v) is 3.10. The summed E-state index contributed by atoms with van der Waals surface area (Å²) in [5.74, 6) is -0.324. The lowest BCUT2D eigenvalue weighted by Gasteiger charge is -2.13. The van der Waals surface area contributed by atoms with Crippen molar-refractivity contribution in [1.29, 1.82) is 0 Å². The van der Waals surface area contributed by atoms with Crippen molar-refractivity contribution in [3.05, 3.63) is 52.3 Å². The Hall–Kier alpha value is -2.73. The van der Waals surface area contributed by atoms with Gasteiger partial charge in [0.15, 0.2) is 12.3 Å². The number of ketones is 2. The summed E-state index contributed by atoms with van der Waals surface area (Å²) in [7, 11) is 1.80. The lowest BCUT2D eigenvalue weighted by molar-refractivity contribution is -0.861. The predicted molar refractivity (Wildman–Crippen MR) is 101 cm³/mol. The van der Waals surface area contributed by atoms with E-state index in [2.05, 4.69) is 10.3 Å². The molecule has 0 bridgehead atoms. The van der Waals surface area contributed by atoms with Gasteiger partial charge < -0.3 is 15.2 Å². The highest BCUT2D eigenvalue weighted by molar-refractivity contribution is 6.03. The fraction of sp³-hybridized carbons (Fsp3) is 0.350. The third-order valence-electron chi connectivity index (χ3n) is 4.33. The maximum Gasteiger partial charge on any atom is 0.279 e. The zero-order valence-corrected chi connectivity index (χ0v) is 15.9. The number of aromatic nitrogens is 1. The molecule has 0 aliphatic rings. The van der Waals surface area contributed by atoms with Gasteiger partial charge in [-0.3, -0.25) is 14.4 Å². The number of amides is 1. The molecule has 2 aromatic rings. The molecular formula is C20H26N3O3+. The van der Waals surface area contributed by atoms with Crippen LogP contribution in [-0.4, -0.2) is 42.6 Å². The molecule has 0 fully saturated rings. The molecule has 1 atom stereocenters. The van der Waals surface area contributed by atoms with Crippen LogP contribution < -0.4 is 10.2 Å². The number of hydrogen-bond acceptors (Lipinski definition) is 3. The number of rotatable bonds is 7. The normalized spacial score (nSPS) is 11.9. The van der Waals surface area contributed by atoms with E-state index in [1.807, 2.05) is 31.2 Å². The second-order valence-corrected chi connectivity index (χ2v) is 6.83. The number of carbonyl (C=O) groups is 3. The SMILES string of the molecule is CC(=O)c1c(C)[nH]c(C(=O)C[NH+](C)CC(=O)Nc2ccc(C)cc2)c1C. The van der Waals surface area contributed by atoms with Gasteiger partial charge in [0, 0.05) is 16.9 Å². The molecule has 26 heavy (non-hydrogen) atoms. The Morgan fingerprint density at radius 2 is 1.65 bits per heavy atom. The molecule has 6 heteroatoms. The molecule has 0 saturated carbocycles. The van der Waals surface area contributed by atoms with Crippen LogP contribution in [0.3, 0.4) is 0 Å². The van der Waals surface area contributed by atoms with E-state index in [9.17, 15) is 14.4 Å². The minimum Gasteiger partial charge on any atom is -0.355 e. The maximum absolute atomic E-state index is 12.5. The number of aromatic amines is 1. The first kappa shape index (κ1) is 19.6. The molecular weight excluding hydrogens is 330 g/mol. The Labute approximate surface area is 153 Å². The van der Waals surface area contributed by atoms with Crippen LogP contribution in [0.5, 0.6) is 0 Å². The van der Waals surface area contributed by atoms with Crippen molar-refractivity contribution in [2.75, 3.05) is 25.5 Å². The fourth-order valence-electron chi connectivity index (χ4n) is 3.10. The second-order valence-electron chi connectivity index (χ2n) is 6.83. The van der Waals surface area contributed by atoms with Crippen molar-refractivity contribution in [2.24, 2.45) is 0 Å². The Morgan fingerprint density at radius 1 is 1.04 bits per heavy atom. The van der Waals surface area contributed by atoms with E-state index < -0.39 is 0 Å². The third kappa shape index (κ3) is 4.67. The highest BCUT2D eigenvalue weighted by Gasteiger charge is 2.22. The van der Waals surface area contributed by atoms with E-state index >= 15 is 0 Å². The summed E-state index contributed by atoms with van der Waals surface area (Å²) in [5.41, 5.74) is 4.26. The minimum absolute atomic E-state index is 0.0616. The van der Waals surface area contributed by atoms with Gasteiger partial charge in [0.2, 0.25) is 5.78 Å². The molecule has 138 valence electrons. The van der Waals surface area contributed by atoms with E-state index in [4.69, 9.17) is 0 Å². The van der Waals surface area contributed by atoms with E-state index in [0.717, 1.165) is 16.2 Å². The molecule has 6 nitrogen and oxygen atoms in total. The topological polar surface area (TPSA) is 83.5 Å². The zero-order chi connectivity index (χ0) is 19.4. The first-order valence-corrected chi connectivity index (χ1v) is 8.60. The first-order valence-electron chi connectivity index (χ1n) is 8.60. The number of aryl methyl sites for hydroxylation is 2. The summed E-state index contributed by atoms with van der Waals surface area (Å²) in [4.78, 5) is 40.2. The van der Waals surface area contributed by atoms with Crippen molar-refractivity contribution < 1.29 is 19.3 Å². The predicted octanol–water partition coefficient (Wildman–Crippen LogP) is 1.48. The zero-order valence-electron chi connectivity index (χ0n) is 15.9. The molecule has 0 radical (unpaired) electrons. The van der Waals surface area contributed by atoms with Gasteiger partial charge in [0.1, 0.15) is 6.54 Å². The van der Waals surface area contributed by atoms with E-state index in [0.29, 0.717) is 22.5 Å². The van der Waals surface area contributed by atoms with E-state index in [1.54, 1.807) is 20.9 Å². The number of Topliss-reactive ketones (excluding diaryl/α,β-unsaturated/α-hetero) is 2. The number of hydrogen-bond donors (Lipinski definition) is 3. The lowest BCUT2D eigenvalue weighted by atomic mass is 10.1. The molecule has 1 aromatic carbocycles. The van der Waals surface area contributed by atoms with Crippen LogP contribution in [0.2, 0.25) is 0 Å². The van der Waals surface area contributed by atoms with Gasteiger partial charge in [0.25, 0.3) is 5.91 Å². The Morgan fingerprint density at radius 3 is 2.19 bits per heavy atom. The maximum atomic E-state index is 12.5. The highest BCUT2D eigenvalue weighted by atomic mass is 16.2. The van der Waals surface area contributed by atoms with Crippen molar-refractivity contribution in [1.82, 2.24) is 4.98 Å². The van der Waals surface area contributed by atoms with Crippen molar-refractivity contribution in [2.45, 2.75) is 27.7 Å². The highest BCUT2D eigenvalue weighted by Crippen LogP contribution is 2.18. The minimum atomic E-state index is -0.150. The molecule has 2 rings (SSSR count). The number of anilines is 1. The molecule has 0 aliphatic heterocycles. The average molecular weight is 356 g/mol. The van der Waals surface area contributed by atoms with Crippen LogP contribution in [-0.2, 0) is 4.79 Å². The van der Waals surface area contributed by atoms with Gasteiger partial charge >= 0.3 is 0 Å². The molecule has 3 N–H and O–H groups in total. The number of quaternary nitrogens is 1. The summed E-state index contributed by atoms with van der Waals surface area (Å²) < 4.78 is 0. The van der Waals surface area contributed by atoms with E-state index in [1.165, 1.54) is 6.92 Å². The van der Waals surface area contributed by atoms with Crippen LogP contribution in [0.15, 0.2) is 24.3 Å². The third-order valence-corrected chi connectivity index (χ3v) is 4.33. The van der Waals surface area contributed by atoms with Gasteiger partial charge in [-0.25, -0.2) is 0 Å². The summed E-state index contributed by atoms with van der Waals surface area (Å²) in [6, 6.07) is 7.56. The standard InChI is InChI=1S/C20H25N3O3/c1-12-6-8-16(9-7-12)22-18(26)11-23(5)10-17(25)20-13(2)19(15(4)24)14(3)21-20/h6-9,21H,10-11H2,1-5H3,(H,22,26)/p+1. The van der Waals surface area contributed by atoms with Crippen LogP contribution >= 0.6 is 0 Å². The number of likely N-dealkylation sites (N-methyl/N-ethyl adjacent to an activating group) is 1. The number of nitrogens with one attached hydrogen (secondary N) is 3. The molecule has 1 heterocycles. The van der Waals surface area contributed by atoms with Gasteiger partial charge in [-0.15, -0.1) is 0 Å². The van der Waals surface area contributed by atoms with Gasteiger partial charge in [-0.1, -0.05) is 17.7 Å². The quantitative estimate of drug-likeness (QED) is 0.657. The average Bonchev–Trinajstić information content (AvgIpc) is 2.84. The smallest absolute Gasteiger partial charge is 0.279 e. The van der Waals surface area contributed by atoms with Crippen LogP contribution in [0.1, 0.15) is 44.6 Å². The molecule has 0 saturated heterocycles. The summed E-state index contributed by atoms with van der Waals surface area (Å²) in [5, 5.41) is 2.83. The van der Waals surface area contributed by atoms with Crippen molar-refractivity contribution in [3.63, 3.8) is 0 Å². The number of carbonyl (C=O) groups excluding carboxylic acids is 3. The molecule has 0 aliphatic carbocycles. The Balaban J connectivity index is 1.97. The second kappa shape index (κ2) is 8.10. The van der Waals surface area contributed by atoms with Gasteiger partial charge in [-0.2, -0.15) is 0 Å². The van der Waals surface area contributed by atoms with E-state index in [-0.39, 0.29) is 30.6 Å². The van der Waals surface area contributed by atoms with Crippen LogP contribution in [0, 0.1) is 20.8 Å². The molecule has 1 aromatic heterocycles. The number of benzene rings is 1. The Kier molecular flexibility index (Phi) is 6.10. The van der Waals surface area contributed by atoms with Crippen molar-refractivity contribution in [3.8, 4) is 0 Å². The van der Waals surface area contributed by atoms with Crippen LogP contribution in [0.4, 0.5) is 5.69 Å². The van der Waals surface area contributed by atoms with Gasteiger partial charge in [0.05, 0.1) is 12.7 Å². The van der Waals surface area contributed by atoms with Crippen molar-refractivity contribution >= 4 is 23.2 Å². The Bertz CT molecular complexity index is 835. The molecule has 1 unspecified atom stereocenters. The monoisotopic (exact) mass is 356 g/mol. The molecule has 1 amide bonds. The number of H-pyrrole nitrogens is 1. The van der Waals surface area contributed by atoms with Gasteiger partial charge in [-0.05, 0) is 45.4 Å². The van der Waals surface area contributed by atoms with Crippen LogP contribution in [0.25, 0.3) is 0 Å². The largest absolute Gasteiger partial charge is 0.355 e. The first-order chi connectivity index (χ1) is 12.2. The lowest BCUT2D eigenvalue weighted by Crippen LogP contribution is -3.11.